The lowest BCUT2D eigenvalue weighted by Gasteiger charge is -2.07. The molecule has 94 valence electrons. The standard InChI is InChI=1S/C11H6F3NO2S/c12-11(13,14)7-3-1-2-6(4-7)8-5-18-9(15-8)10(16)17/h1-5H,(H,16,17). The molecule has 0 fully saturated rings. The van der Waals surface area contributed by atoms with Crippen molar-refractivity contribution in [3.63, 3.8) is 0 Å². The fourth-order valence-corrected chi connectivity index (χ4v) is 2.02. The molecule has 0 unspecified atom stereocenters. The molecule has 1 N–H and O–H groups in total. The normalized spacial score (nSPS) is 11.5. The Bertz CT molecular complexity index is 592. The molecule has 2 aromatic rings. The third kappa shape index (κ3) is 2.51. The van der Waals surface area contributed by atoms with Crippen LogP contribution in [0.25, 0.3) is 11.3 Å². The molecule has 0 spiro atoms. The molecule has 0 radical (unpaired) electrons. The molecule has 0 bridgehead atoms. The van der Waals surface area contributed by atoms with Crippen LogP contribution in [-0.4, -0.2) is 16.1 Å². The maximum atomic E-state index is 12.5. The number of rotatable bonds is 2. The second-order valence-electron chi connectivity index (χ2n) is 3.42. The van der Waals surface area contributed by atoms with Crippen LogP contribution in [0.5, 0.6) is 0 Å². The molecule has 0 saturated carbocycles. The molecule has 0 atom stereocenters. The van der Waals surface area contributed by atoms with Crippen LogP contribution >= 0.6 is 11.3 Å². The maximum absolute atomic E-state index is 12.5. The second kappa shape index (κ2) is 4.41. The highest BCUT2D eigenvalue weighted by molar-refractivity contribution is 7.11. The number of nitrogens with zero attached hydrogens (tertiary/aromatic N) is 1. The summed E-state index contributed by atoms with van der Waals surface area (Å²) < 4.78 is 37.5. The zero-order chi connectivity index (χ0) is 13.3. The minimum atomic E-state index is -4.43. The summed E-state index contributed by atoms with van der Waals surface area (Å²) in [5.41, 5.74) is -0.318. The number of carbonyl (C=O) groups is 1. The predicted molar refractivity (Wildman–Crippen MR) is 59.5 cm³/mol. The fraction of sp³-hybridized carbons (Fsp3) is 0.0909. The predicted octanol–water partition coefficient (Wildman–Crippen LogP) is 3.53. The van der Waals surface area contributed by atoms with Crippen molar-refractivity contribution in [2.75, 3.05) is 0 Å². The number of thiazole rings is 1. The summed E-state index contributed by atoms with van der Waals surface area (Å²) in [6, 6.07) is 4.61. The number of benzene rings is 1. The van der Waals surface area contributed by atoms with Gasteiger partial charge in [0.1, 0.15) is 0 Å². The van der Waals surface area contributed by atoms with Crippen molar-refractivity contribution in [2.24, 2.45) is 0 Å². The van der Waals surface area contributed by atoms with Crippen LogP contribution in [-0.2, 0) is 6.18 Å². The van der Waals surface area contributed by atoms with Crippen LogP contribution in [0, 0.1) is 0 Å². The quantitative estimate of drug-likeness (QED) is 0.910. The molecule has 7 heteroatoms. The second-order valence-corrected chi connectivity index (χ2v) is 4.28. The smallest absolute Gasteiger partial charge is 0.416 e. The van der Waals surface area contributed by atoms with E-state index >= 15 is 0 Å². The molecule has 1 heterocycles. The minimum Gasteiger partial charge on any atom is -0.476 e. The van der Waals surface area contributed by atoms with Gasteiger partial charge in [-0.15, -0.1) is 11.3 Å². The van der Waals surface area contributed by atoms with E-state index in [1.807, 2.05) is 0 Å². The van der Waals surface area contributed by atoms with Gasteiger partial charge in [-0.05, 0) is 12.1 Å². The monoisotopic (exact) mass is 273 g/mol. The van der Waals surface area contributed by atoms with Crippen molar-refractivity contribution < 1.29 is 23.1 Å². The summed E-state index contributed by atoms with van der Waals surface area (Å²) in [7, 11) is 0. The van der Waals surface area contributed by atoms with E-state index in [1.54, 1.807) is 0 Å². The Morgan fingerprint density at radius 2 is 2.06 bits per heavy atom. The van der Waals surface area contributed by atoms with Gasteiger partial charge in [-0.25, -0.2) is 9.78 Å². The number of aromatic nitrogens is 1. The molecule has 18 heavy (non-hydrogen) atoms. The summed E-state index contributed by atoms with van der Waals surface area (Å²) in [5, 5.41) is 9.96. The van der Waals surface area contributed by atoms with Gasteiger partial charge in [-0.2, -0.15) is 13.2 Å². The van der Waals surface area contributed by atoms with Crippen molar-refractivity contribution in [3.05, 3.63) is 40.2 Å². The average Bonchev–Trinajstić information content (AvgIpc) is 2.77. The van der Waals surface area contributed by atoms with Crippen LogP contribution in [0.15, 0.2) is 29.6 Å². The van der Waals surface area contributed by atoms with E-state index in [0.717, 1.165) is 23.5 Å². The Morgan fingerprint density at radius 1 is 1.33 bits per heavy atom. The van der Waals surface area contributed by atoms with Crippen molar-refractivity contribution in [1.82, 2.24) is 4.98 Å². The van der Waals surface area contributed by atoms with E-state index in [4.69, 9.17) is 5.11 Å². The van der Waals surface area contributed by atoms with Crippen LogP contribution in [0.3, 0.4) is 0 Å². The van der Waals surface area contributed by atoms with E-state index < -0.39 is 17.7 Å². The van der Waals surface area contributed by atoms with E-state index in [0.29, 0.717) is 0 Å². The van der Waals surface area contributed by atoms with E-state index in [-0.39, 0.29) is 16.3 Å². The molecule has 3 nitrogen and oxygen atoms in total. The molecule has 0 aliphatic carbocycles. The first-order chi connectivity index (χ1) is 8.38. The van der Waals surface area contributed by atoms with Gasteiger partial charge in [0.05, 0.1) is 11.3 Å². The molecule has 0 aliphatic rings. The number of alkyl halides is 3. The van der Waals surface area contributed by atoms with Crippen molar-refractivity contribution in [1.29, 1.82) is 0 Å². The van der Waals surface area contributed by atoms with Gasteiger partial charge < -0.3 is 5.11 Å². The molecule has 1 aromatic carbocycles. The highest BCUT2D eigenvalue weighted by atomic mass is 32.1. The van der Waals surface area contributed by atoms with Crippen LogP contribution in [0.1, 0.15) is 15.4 Å². The lowest BCUT2D eigenvalue weighted by Crippen LogP contribution is -2.04. The van der Waals surface area contributed by atoms with Crippen LogP contribution in [0.4, 0.5) is 13.2 Å². The summed E-state index contributed by atoms with van der Waals surface area (Å²) >= 11 is 0.874. The van der Waals surface area contributed by atoms with Crippen molar-refractivity contribution >= 4 is 17.3 Å². The summed E-state index contributed by atoms with van der Waals surface area (Å²) in [6.07, 6.45) is -4.43. The number of halogens is 3. The van der Waals surface area contributed by atoms with Crippen molar-refractivity contribution in [3.8, 4) is 11.3 Å². The van der Waals surface area contributed by atoms with Crippen molar-refractivity contribution in [2.45, 2.75) is 6.18 Å². The van der Waals surface area contributed by atoms with E-state index in [9.17, 15) is 18.0 Å². The molecule has 2 rings (SSSR count). The van der Waals surface area contributed by atoms with Gasteiger partial charge in [0.2, 0.25) is 5.01 Å². The molecule has 0 amide bonds. The van der Waals surface area contributed by atoms with Crippen LogP contribution < -0.4 is 0 Å². The number of hydrogen-bond donors (Lipinski definition) is 1. The summed E-state index contributed by atoms with van der Waals surface area (Å²) in [4.78, 5) is 14.4. The number of aromatic carboxylic acids is 1. The topological polar surface area (TPSA) is 50.2 Å². The molecular weight excluding hydrogens is 267 g/mol. The highest BCUT2D eigenvalue weighted by Crippen LogP contribution is 2.32. The zero-order valence-electron chi connectivity index (χ0n) is 8.73. The molecule has 0 saturated heterocycles. The Balaban J connectivity index is 2.41. The van der Waals surface area contributed by atoms with Gasteiger partial charge in [-0.3, -0.25) is 0 Å². The number of hydrogen-bond acceptors (Lipinski definition) is 3. The Kier molecular flexibility index (Phi) is 3.08. The van der Waals surface area contributed by atoms with E-state index in [1.165, 1.54) is 17.5 Å². The maximum Gasteiger partial charge on any atom is 0.416 e. The minimum absolute atomic E-state index is 0.151. The van der Waals surface area contributed by atoms with Gasteiger partial charge >= 0.3 is 12.1 Å². The first kappa shape index (κ1) is 12.6. The lowest BCUT2D eigenvalue weighted by molar-refractivity contribution is -0.137. The van der Waals surface area contributed by atoms with Gasteiger partial charge in [0, 0.05) is 10.9 Å². The molecule has 1 aromatic heterocycles. The molecular formula is C11H6F3NO2S. The molecule has 0 aliphatic heterocycles. The third-order valence-corrected chi connectivity index (χ3v) is 3.00. The van der Waals surface area contributed by atoms with Gasteiger partial charge in [0.15, 0.2) is 0 Å². The SMILES string of the molecule is O=C(O)c1nc(-c2cccc(C(F)(F)F)c2)cs1. The Hall–Kier alpha value is -1.89. The Morgan fingerprint density at radius 3 is 2.61 bits per heavy atom. The largest absolute Gasteiger partial charge is 0.476 e. The van der Waals surface area contributed by atoms with E-state index in [2.05, 4.69) is 4.98 Å². The fourth-order valence-electron chi connectivity index (χ4n) is 1.36. The van der Waals surface area contributed by atoms with Gasteiger partial charge in [-0.1, -0.05) is 12.1 Å². The number of carboxylic acid groups (broad SMARTS) is 1. The number of carboxylic acids is 1. The lowest BCUT2D eigenvalue weighted by atomic mass is 10.1. The highest BCUT2D eigenvalue weighted by Gasteiger charge is 2.30. The average molecular weight is 273 g/mol. The summed E-state index contributed by atoms with van der Waals surface area (Å²) in [6.45, 7) is 0. The zero-order valence-corrected chi connectivity index (χ0v) is 9.55. The Labute approximate surface area is 104 Å². The first-order valence-corrected chi connectivity index (χ1v) is 5.62. The van der Waals surface area contributed by atoms with Gasteiger partial charge in [0.25, 0.3) is 0 Å². The first-order valence-electron chi connectivity index (χ1n) is 4.74. The van der Waals surface area contributed by atoms with Crippen LogP contribution in [0.2, 0.25) is 0 Å². The third-order valence-electron chi connectivity index (χ3n) is 2.17. The summed E-state index contributed by atoms with van der Waals surface area (Å²) in [5.74, 6) is -1.20.